The minimum Gasteiger partial charge on any atom is -0.348 e. The van der Waals surface area contributed by atoms with Gasteiger partial charge in [0.1, 0.15) is 0 Å². The standard InChI is InChI=1S/C24H23N5O2/c1-15-3-5-17(6-4-15)13-25-23(30)21-14-29(27-16(21)2)20-11-9-18(10-12-20)22-26-24(31-28-22)19-7-8-19/h3-6,9-12,14,19H,7-8,13H2,1-2H3,(H,25,30). The van der Waals surface area contributed by atoms with Crippen LogP contribution in [0.1, 0.15) is 51.8 Å². The summed E-state index contributed by atoms with van der Waals surface area (Å²) in [4.78, 5) is 17.1. The van der Waals surface area contributed by atoms with Crippen molar-refractivity contribution in [1.29, 1.82) is 0 Å². The maximum atomic E-state index is 12.7. The molecule has 1 fully saturated rings. The van der Waals surface area contributed by atoms with Crippen LogP contribution in [0.3, 0.4) is 0 Å². The van der Waals surface area contributed by atoms with Crippen molar-refractivity contribution in [3.8, 4) is 17.1 Å². The van der Waals surface area contributed by atoms with Crippen LogP contribution >= 0.6 is 0 Å². The van der Waals surface area contributed by atoms with Gasteiger partial charge in [0.2, 0.25) is 11.7 Å². The van der Waals surface area contributed by atoms with E-state index >= 15 is 0 Å². The lowest BCUT2D eigenvalue weighted by Gasteiger charge is -2.05. The van der Waals surface area contributed by atoms with Crippen molar-refractivity contribution in [2.45, 2.75) is 39.2 Å². The molecule has 7 heteroatoms. The minimum atomic E-state index is -0.139. The van der Waals surface area contributed by atoms with Gasteiger partial charge in [-0.1, -0.05) is 35.0 Å². The molecule has 2 heterocycles. The van der Waals surface area contributed by atoms with Crippen LogP contribution in [0.5, 0.6) is 0 Å². The third-order valence-corrected chi connectivity index (χ3v) is 5.48. The lowest BCUT2D eigenvalue weighted by molar-refractivity contribution is 0.0950. The second-order valence-corrected chi connectivity index (χ2v) is 8.02. The van der Waals surface area contributed by atoms with E-state index < -0.39 is 0 Å². The molecule has 1 saturated carbocycles. The molecule has 0 atom stereocenters. The van der Waals surface area contributed by atoms with Crippen LogP contribution < -0.4 is 5.32 Å². The highest BCUT2D eigenvalue weighted by Gasteiger charge is 2.29. The van der Waals surface area contributed by atoms with E-state index in [-0.39, 0.29) is 5.91 Å². The van der Waals surface area contributed by atoms with Crippen molar-refractivity contribution < 1.29 is 9.32 Å². The molecule has 4 aromatic rings. The van der Waals surface area contributed by atoms with Gasteiger partial charge in [-0.2, -0.15) is 10.1 Å². The lowest BCUT2D eigenvalue weighted by atomic mass is 10.1. The Kier molecular flexibility index (Phi) is 4.86. The molecule has 0 bridgehead atoms. The number of nitrogens with one attached hydrogen (secondary N) is 1. The van der Waals surface area contributed by atoms with E-state index in [0.29, 0.717) is 29.5 Å². The van der Waals surface area contributed by atoms with Crippen molar-refractivity contribution in [3.05, 3.63) is 83.0 Å². The molecule has 1 N–H and O–H groups in total. The van der Waals surface area contributed by atoms with E-state index in [2.05, 4.69) is 20.6 Å². The largest absolute Gasteiger partial charge is 0.348 e. The molecular weight excluding hydrogens is 390 g/mol. The smallest absolute Gasteiger partial charge is 0.255 e. The highest BCUT2D eigenvalue weighted by Crippen LogP contribution is 2.39. The van der Waals surface area contributed by atoms with E-state index in [1.54, 1.807) is 10.9 Å². The highest BCUT2D eigenvalue weighted by atomic mass is 16.5. The summed E-state index contributed by atoms with van der Waals surface area (Å²) < 4.78 is 7.05. The first-order chi connectivity index (χ1) is 15.1. The molecule has 1 amide bonds. The number of amides is 1. The van der Waals surface area contributed by atoms with Crippen molar-refractivity contribution in [2.24, 2.45) is 0 Å². The maximum absolute atomic E-state index is 12.7. The summed E-state index contributed by atoms with van der Waals surface area (Å²) in [7, 11) is 0. The molecule has 0 aliphatic heterocycles. The number of aromatic nitrogens is 4. The number of hydrogen-bond donors (Lipinski definition) is 1. The number of benzene rings is 2. The van der Waals surface area contributed by atoms with Crippen LogP contribution in [0, 0.1) is 13.8 Å². The van der Waals surface area contributed by atoms with Gasteiger partial charge in [-0.05, 0) is 56.5 Å². The zero-order valence-corrected chi connectivity index (χ0v) is 17.5. The Balaban J connectivity index is 1.29. The van der Waals surface area contributed by atoms with Crippen molar-refractivity contribution in [3.63, 3.8) is 0 Å². The SMILES string of the molecule is Cc1ccc(CNC(=O)c2cn(-c3ccc(-c4noc(C5CC5)n4)cc3)nc2C)cc1. The van der Waals surface area contributed by atoms with Gasteiger partial charge >= 0.3 is 0 Å². The predicted octanol–water partition coefficient (Wildman–Crippen LogP) is 4.35. The first-order valence-electron chi connectivity index (χ1n) is 10.4. The normalized spacial score (nSPS) is 13.4. The molecule has 5 rings (SSSR count). The van der Waals surface area contributed by atoms with E-state index in [0.717, 1.165) is 35.5 Å². The minimum absolute atomic E-state index is 0.139. The van der Waals surface area contributed by atoms with Crippen LogP contribution in [0.15, 0.2) is 59.3 Å². The van der Waals surface area contributed by atoms with Crippen LogP contribution in [-0.2, 0) is 6.54 Å². The van der Waals surface area contributed by atoms with Crippen LogP contribution in [0.2, 0.25) is 0 Å². The summed E-state index contributed by atoms with van der Waals surface area (Å²) in [6.45, 7) is 4.36. The van der Waals surface area contributed by atoms with Crippen LogP contribution in [0.25, 0.3) is 17.1 Å². The fourth-order valence-corrected chi connectivity index (χ4v) is 3.41. The van der Waals surface area contributed by atoms with Gasteiger partial charge in [-0.15, -0.1) is 0 Å². The molecule has 1 aliphatic rings. The molecule has 31 heavy (non-hydrogen) atoms. The molecule has 0 radical (unpaired) electrons. The quantitative estimate of drug-likeness (QED) is 0.508. The maximum Gasteiger partial charge on any atom is 0.255 e. The molecule has 156 valence electrons. The van der Waals surface area contributed by atoms with E-state index in [1.165, 1.54) is 5.56 Å². The fraction of sp³-hybridized carbons (Fsp3) is 0.250. The monoisotopic (exact) mass is 413 g/mol. The fourth-order valence-electron chi connectivity index (χ4n) is 3.41. The summed E-state index contributed by atoms with van der Waals surface area (Å²) in [5.41, 5.74) is 5.24. The Labute approximate surface area is 180 Å². The number of nitrogens with zero attached hydrogens (tertiary/aromatic N) is 4. The van der Waals surface area contributed by atoms with Gasteiger partial charge in [-0.3, -0.25) is 4.79 Å². The van der Waals surface area contributed by atoms with E-state index in [9.17, 15) is 4.79 Å². The van der Waals surface area contributed by atoms with E-state index in [1.807, 2.05) is 62.4 Å². The Morgan fingerprint density at radius 3 is 2.55 bits per heavy atom. The Morgan fingerprint density at radius 2 is 1.84 bits per heavy atom. The number of carbonyl (C=O) groups is 1. The first-order valence-corrected chi connectivity index (χ1v) is 10.4. The first kappa shape index (κ1) is 19.2. The number of hydrogen-bond acceptors (Lipinski definition) is 5. The van der Waals surface area contributed by atoms with Crippen molar-refractivity contribution in [2.75, 3.05) is 0 Å². The van der Waals surface area contributed by atoms with Crippen LogP contribution in [-0.4, -0.2) is 25.8 Å². The summed E-state index contributed by atoms with van der Waals surface area (Å²) in [6, 6.07) is 15.9. The topological polar surface area (TPSA) is 85.8 Å². The van der Waals surface area contributed by atoms with Gasteiger partial charge in [0.05, 0.1) is 16.9 Å². The van der Waals surface area contributed by atoms with Crippen LogP contribution in [0.4, 0.5) is 0 Å². The summed E-state index contributed by atoms with van der Waals surface area (Å²) in [5, 5.41) is 11.6. The van der Waals surface area contributed by atoms with Gasteiger partial charge in [0.25, 0.3) is 5.91 Å². The van der Waals surface area contributed by atoms with Gasteiger partial charge in [-0.25, -0.2) is 4.68 Å². The predicted molar refractivity (Wildman–Crippen MR) is 116 cm³/mol. The van der Waals surface area contributed by atoms with Gasteiger partial charge < -0.3 is 9.84 Å². The van der Waals surface area contributed by atoms with E-state index in [4.69, 9.17) is 4.52 Å². The third-order valence-electron chi connectivity index (χ3n) is 5.48. The molecule has 2 aromatic heterocycles. The lowest BCUT2D eigenvalue weighted by Crippen LogP contribution is -2.23. The summed E-state index contributed by atoms with van der Waals surface area (Å²) in [5.74, 6) is 1.62. The molecule has 2 aromatic carbocycles. The van der Waals surface area contributed by atoms with Gasteiger partial charge in [0.15, 0.2) is 0 Å². The average Bonchev–Trinajstić information content (AvgIpc) is 3.38. The Hall–Kier alpha value is -3.74. The van der Waals surface area contributed by atoms with Crippen molar-refractivity contribution >= 4 is 5.91 Å². The zero-order chi connectivity index (χ0) is 21.4. The number of rotatable bonds is 6. The highest BCUT2D eigenvalue weighted by molar-refractivity contribution is 5.95. The number of carbonyl (C=O) groups excluding carboxylic acids is 1. The Bertz CT molecular complexity index is 1220. The second-order valence-electron chi connectivity index (χ2n) is 8.02. The molecule has 1 aliphatic carbocycles. The third kappa shape index (κ3) is 4.12. The summed E-state index contributed by atoms with van der Waals surface area (Å²) >= 11 is 0. The number of aryl methyl sites for hydroxylation is 2. The van der Waals surface area contributed by atoms with Gasteiger partial charge in [0, 0.05) is 24.2 Å². The second kappa shape index (κ2) is 7.83. The molecule has 7 nitrogen and oxygen atoms in total. The summed E-state index contributed by atoms with van der Waals surface area (Å²) in [6.07, 6.45) is 4.01. The van der Waals surface area contributed by atoms with Crippen molar-refractivity contribution in [1.82, 2.24) is 25.2 Å². The molecule has 0 unspecified atom stereocenters. The Morgan fingerprint density at radius 1 is 1.10 bits per heavy atom. The zero-order valence-electron chi connectivity index (χ0n) is 17.5. The molecular formula is C24H23N5O2. The molecule has 0 spiro atoms. The molecule has 0 saturated heterocycles. The average molecular weight is 413 g/mol.